The quantitative estimate of drug-likeness (QED) is 0.873. The molecule has 1 N–H and O–H groups in total. The largest absolute Gasteiger partial charge is 0.490 e. The molecule has 0 unspecified atom stereocenters. The molecule has 1 saturated heterocycles. The van der Waals surface area contributed by atoms with Gasteiger partial charge in [0.15, 0.2) is 0 Å². The van der Waals surface area contributed by atoms with Crippen molar-refractivity contribution in [2.24, 2.45) is 5.41 Å². The van der Waals surface area contributed by atoms with Gasteiger partial charge in [-0.2, -0.15) is 0 Å². The SMILES string of the molecule is Cc1ccc(OCC2(O)CCN(C3CCC(C)(C)CC3)CC2)c(C)c1. The lowest BCUT2D eigenvalue weighted by molar-refractivity contribution is -0.0642. The Bertz CT molecular complexity index is 578. The van der Waals surface area contributed by atoms with Gasteiger partial charge in [-0.25, -0.2) is 0 Å². The van der Waals surface area contributed by atoms with Crippen LogP contribution in [0.15, 0.2) is 18.2 Å². The maximum atomic E-state index is 10.9. The molecule has 1 aliphatic heterocycles. The Morgan fingerprint density at radius 1 is 1.08 bits per heavy atom. The molecule has 3 heteroatoms. The number of aliphatic hydroxyl groups is 1. The summed E-state index contributed by atoms with van der Waals surface area (Å²) in [5.74, 6) is 0.899. The molecule has 1 heterocycles. The number of aryl methyl sites for hydroxylation is 2. The third-order valence-corrected chi connectivity index (χ3v) is 6.38. The van der Waals surface area contributed by atoms with Crippen LogP contribution in [0.25, 0.3) is 0 Å². The topological polar surface area (TPSA) is 32.7 Å². The third kappa shape index (κ3) is 4.77. The molecule has 0 spiro atoms. The van der Waals surface area contributed by atoms with Crippen molar-refractivity contribution < 1.29 is 9.84 Å². The van der Waals surface area contributed by atoms with Gasteiger partial charge < -0.3 is 14.7 Å². The molecule has 0 atom stereocenters. The summed E-state index contributed by atoms with van der Waals surface area (Å²) in [5, 5.41) is 10.9. The van der Waals surface area contributed by atoms with Crippen LogP contribution in [0, 0.1) is 19.3 Å². The fourth-order valence-electron chi connectivity index (χ4n) is 4.37. The Morgan fingerprint density at radius 2 is 1.72 bits per heavy atom. The van der Waals surface area contributed by atoms with E-state index in [0.29, 0.717) is 12.0 Å². The Balaban J connectivity index is 1.49. The summed E-state index contributed by atoms with van der Waals surface area (Å²) in [6.07, 6.45) is 6.91. The highest BCUT2D eigenvalue weighted by Crippen LogP contribution is 2.38. The van der Waals surface area contributed by atoms with Crippen molar-refractivity contribution in [2.75, 3.05) is 19.7 Å². The molecular weight excluding hydrogens is 310 g/mol. The van der Waals surface area contributed by atoms with E-state index in [2.05, 4.69) is 44.7 Å². The number of hydrogen-bond donors (Lipinski definition) is 1. The van der Waals surface area contributed by atoms with Crippen molar-refractivity contribution in [3.8, 4) is 5.75 Å². The molecule has 140 valence electrons. The highest BCUT2D eigenvalue weighted by atomic mass is 16.5. The van der Waals surface area contributed by atoms with Crippen LogP contribution in [0.2, 0.25) is 0 Å². The normalized spacial score (nSPS) is 24.2. The Hall–Kier alpha value is -1.06. The van der Waals surface area contributed by atoms with Crippen LogP contribution in [0.5, 0.6) is 5.75 Å². The van der Waals surface area contributed by atoms with Crippen LogP contribution in [-0.4, -0.2) is 41.3 Å². The van der Waals surface area contributed by atoms with E-state index in [1.807, 2.05) is 6.07 Å². The Kier molecular flexibility index (Phi) is 5.45. The molecular formula is C22H35NO2. The van der Waals surface area contributed by atoms with Crippen LogP contribution in [-0.2, 0) is 0 Å². The molecule has 1 aromatic rings. The lowest BCUT2D eigenvalue weighted by atomic mass is 9.75. The molecule has 1 aromatic carbocycles. The van der Waals surface area contributed by atoms with Gasteiger partial charge in [-0.15, -0.1) is 0 Å². The zero-order chi connectivity index (χ0) is 18.1. The smallest absolute Gasteiger partial charge is 0.122 e. The van der Waals surface area contributed by atoms with Crippen LogP contribution < -0.4 is 4.74 Å². The van der Waals surface area contributed by atoms with Gasteiger partial charge in [0.2, 0.25) is 0 Å². The number of likely N-dealkylation sites (tertiary alicyclic amines) is 1. The second kappa shape index (κ2) is 7.28. The second-order valence-electron chi connectivity index (χ2n) is 9.21. The summed E-state index contributed by atoms with van der Waals surface area (Å²) in [5.41, 5.74) is 2.23. The van der Waals surface area contributed by atoms with E-state index in [1.54, 1.807) is 0 Å². The summed E-state index contributed by atoms with van der Waals surface area (Å²) in [7, 11) is 0. The zero-order valence-corrected chi connectivity index (χ0v) is 16.5. The number of piperidine rings is 1. The summed E-state index contributed by atoms with van der Waals surface area (Å²) in [6.45, 7) is 11.3. The van der Waals surface area contributed by atoms with E-state index in [-0.39, 0.29) is 0 Å². The van der Waals surface area contributed by atoms with E-state index in [4.69, 9.17) is 4.74 Å². The van der Waals surface area contributed by atoms with Gasteiger partial charge in [0.1, 0.15) is 18.0 Å². The minimum absolute atomic E-state index is 0.405. The molecule has 2 fully saturated rings. The monoisotopic (exact) mass is 345 g/mol. The van der Waals surface area contributed by atoms with Crippen LogP contribution in [0.3, 0.4) is 0 Å². The third-order valence-electron chi connectivity index (χ3n) is 6.38. The van der Waals surface area contributed by atoms with Crippen molar-refractivity contribution >= 4 is 0 Å². The van der Waals surface area contributed by atoms with E-state index in [1.165, 1.54) is 31.2 Å². The van der Waals surface area contributed by atoms with Gasteiger partial charge in [0.05, 0.1) is 0 Å². The summed E-state index contributed by atoms with van der Waals surface area (Å²) in [6, 6.07) is 6.94. The van der Waals surface area contributed by atoms with Crippen molar-refractivity contribution in [1.82, 2.24) is 4.90 Å². The lowest BCUT2D eigenvalue weighted by Crippen LogP contribution is -2.51. The number of rotatable bonds is 4. The van der Waals surface area contributed by atoms with Gasteiger partial charge in [-0.1, -0.05) is 31.5 Å². The predicted octanol–water partition coefficient (Wildman–Crippen LogP) is 4.48. The summed E-state index contributed by atoms with van der Waals surface area (Å²) >= 11 is 0. The van der Waals surface area contributed by atoms with Crippen molar-refractivity contribution in [3.63, 3.8) is 0 Å². The number of ether oxygens (including phenoxy) is 1. The van der Waals surface area contributed by atoms with Crippen LogP contribution in [0.4, 0.5) is 0 Å². The standard InChI is InChI=1S/C22H35NO2/c1-17-5-6-20(18(2)15-17)25-16-22(24)11-13-23(14-12-22)19-7-9-21(3,4)10-8-19/h5-6,15,19,24H,7-14,16H2,1-4H3. The van der Waals surface area contributed by atoms with Gasteiger partial charge in [0.25, 0.3) is 0 Å². The molecule has 3 rings (SSSR count). The van der Waals surface area contributed by atoms with Crippen LogP contribution >= 0.6 is 0 Å². The first-order valence-electron chi connectivity index (χ1n) is 9.93. The molecule has 0 aromatic heterocycles. The molecule has 25 heavy (non-hydrogen) atoms. The summed E-state index contributed by atoms with van der Waals surface area (Å²) in [4.78, 5) is 2.61. The van der Waals surface area contributed by atoms with Crippen molar-refractivity contribution in [2.45, 2.75) is 77.9 Å². The summed E-state index contributed by atoms with van der Waals surface area (Å²) < 4.78 is 5.97. The number of benzene rings is 1. The van der Waals surface area contributed by atoms with Crippen LogP contribution in [0.1, 0.15) is 63.5 Å². The second-order valence-corrected chi connectivity index (χ2v) is 9.21. The average Bonchev–Trinajstić information content (AvgIpc) is 2.55. The van der Waals surface area contributed by atoms with E-state index < -0.39 is 5.60 Å². The minimum Gasteiger partial charge on any atom is -0.490 e. The minimum atomic E-state index is -0.679. The average molecular weight is 346 g/mol. The number of hydrogen-bond acceptors (Lipinski definition) is 3. The molecule has 2 aliphatic rings. The zero-order valence-electron chi connectivity index (χ0n) is 16.5. The van der Waals surface area contributed by atoms with E-state index in [0.717, 1.165) is 43.3 Å². The first kappa shape index (κ1) is 18.7. The van der Waals surface area contributed by atoms with Gasteiger partial charge in [-0.3, -0.25) is 0 Å². The lowest BCUT2D eigenvalue weighted by Gasteiger charge is -2.45. The first-order valence-corrected chi connectivity index (χ1v) is 9.93. The predicted molar refractivity (Wildman–Crippen MR) is 103 cm³/mol. The van der Waals surface area contributed by atoms with Gasteiger partial charge >= 0.3 is 0 Å². The van der Waals surface area contributed by atoms with Crippen molar-refractivity contribution in [1.29, 1.82) is 0 Å². The van der Waals surface area contributed by atoms with E-state index in [9.17, 15) is 5.11 Å². The highest BCUT2D eigenvalue weighted by Gasteiger charge is 2.37. The van der Waals surface area contributed by atoms with Gasteiger partial charge in [0, 0.05) is 19.1 Å². The number of nitrogens with zero attached hydrogens (tertiary/aromatic N) is 1. The molecule has 1 aliphatic carbocycles. The molecule has 1 saturated carbocycles. The Labute approximate surface area is 153 Å². The van der Waals surface area contributed by atoms with Gasteiger partial charge in [-0.05, 0) is 69.4 Å². The molecule has 0 bridgehead atoms. The molecule has 0 radical (unpaired) electrons. The van der Waals surface area contributed by atoms with E-state index >= 15 is 0 Å². The fourth-order valence-corrected chi connectivity index (χ4v) is 4.37. The first-order chi connectivity index (χ1) is 11.8. The highest BCUT2D eigenvalue weighted by molar-refractivity contribution is 5.35. The molecule has 3 nitrogen and oxygen atoms in total. The fraction of sp³-hybridized carbons (Fsp3) is 0.727. The van der Waals surface area contributed by atoms with Crippen molar-refractivity contribution in [3.05, 3.63) is 29.3 Å². The maximum absolute atomic E-state index is 10.9. The Morgan fingerprint density at radius 3 is 2.32 bits per heavy atom. The molecule has 0 amide bonds. The maximum Gasteiger partial charge on any atom is 0.122 e.